The molecule has 0 aromatic carbocycles. The van der Waals surface area contributed by atoms with Gasteiger partial charge in [-0.25, -0.2) is 4.79 Å². The van der Waals surface area contributed by atoms with Crippen molar-refractivity contribution >= 4 is 6.03 Å². The molecule has 5 heteroatoms. The van der Waals surface area contributed by atoms with Gasteiger partial charge in [0.1, 0.15) is 0 Å². The zero-order valence-corrected chi connectivity index (χ0v) is 13.6. The lowest BCUT2D eigenvalue weighted by molar-refractivity contribution is 0.0533. The Balaban J connectivity index is 1.71. The number of hydrogen-bond acceptors (Lipinski definition) is 3. The zero-order valence-electron chi connectivity index (χ0n) is 13.6. The van der Waals surface area contributed by atoms with Gasteiger partial charge in [-0.1, -0.05) is 0 Å². The van der Waals surface area contributed by atoms with E-state index >= 15 is 0 Å². The number of fused-ring (bicyclic) bond motifs is 1. The highest BCUT2D eigenvalue weighted by molar-refractivity contribution is 5.74. The Morgan fingerprint density at radius 1 is 1.29 bits per heavy atom. The SMILES string of the molecule is CCOCCCCNC(=O)N1CCCC2CN(C)CCC21. The fourth-order valence-electron chi connectivity index (χ4n) is 3.61. The van der Waals surface area contributed by atoms with E-state index in [1.807, 2.05) is 6.92 Å². The van der Waals surface area contributed by atoms with Gasteiger partial charge in [0.25, 0.3) is 0 Å². The molecule has 2 saturated heterocycles. The number of hydrogen-bond donors (Lipinski definition) is 1. The summed E-state index contributed by atoms with van der Waals surface area (Å²) in [5, 5.41) is 3.09. The van der Waals surface area contributed by atoms with Gasteiger partial charge in [-0.3, -0.25) is 0 Å². The number of nitrogens with zero attached hydrogens (tertiary/aromatic N) is 2. The number of urea groups is 1. The number of unbranched alkanes of at least 4 members (excludes halogenated alkanes) is 1. The third-order valence-corrected chi connectivity index (χ3v) is 4.73. The second kappa shape index (κ2) is 8.59. The van der Waals surface area contributed by atoms with E-state index in [0.717, 1.165) is 65.1 Å². The van der Waals surface area contributed by atoms with Crippen LogP contribution in [0.4, 0.5) is 4.79 Å². The molecule has 2 aliphatic rings. The number of nitrogens with one attached hydrogen (secondary N) is 1. The fourth-order valence-corrected chi connectivity index (χ4v) is 3.61. The molecule has 2 fully saturated rings. The topological polar surface area (TPSA) is 44.8 Å². The average Bonchev–Trinajstić information content (AvgIpc) is 2.49. The highest BCUT2D eigenvalue weighted by Crippen LogP contribution is 2.29. The van der Waals surface area contributed by atoms with Crippen molar-refractivity contribution in [1.82, 2.24) is 15.1 Å². The van der Waals surface area contributed by atoms with Crippen molar-refractivity contribution in [2.45, 2.75) is 45.1 Å². The number of carbonyl (C=O) groups is 1. The molecule has 0 aromatic rings. The van der Waals surface area contributed by atoms with Gasteiger partial charge in [0, 0.05) is 38.9 Å². The maximum atomic E-state index is 12.4. The van der Waals surface area contributed by atoms with Gasteiger partial charge >= 0.3 is 6.03 Å². The van der Waals surface area contributed by atoms with E-state index < -0.39 is 0 Å². The first-order chi connectivity index (χ1) is 10.2. The molecular weight excluding hydrogens is 266 g/mol. The summed E-state index contributed by atoms with van der Waals surface area (Å²) in [6, 6.07) is 0.601. The summed E-state index contributed by atoms with van der Waals surface area (Å²) in [5.41, 5.74) is 0. The molecule has 122 valence electrons. The zero-order chi connectivity index (χ0) is 15.1. The van der Waals surface area contributed by atoms with Crippen LogP contribution in [0.5, 0.6) is 0 Å². The van der Waals surface area contributed by atoms with Gasteiger partial charge in [0.05, 0.1) is 0 Å². The molecule has 1 N–H and O–H groups in total. The van der Waals surface area contributed by atoms with Crippen LogP contribution in [-0.4, -0.2) is 68.3 Å². The number of piperidine rings is 2. The maximum Gasteiger partial charge on any atom is 0.317 e. The Kier molecular flexibility index (Phi) is 6.77. The van der Waals surface area contributed by atoms with Crippen LogP contribution >= 0.6 is 0 Å². The van der Waals surface area contributed by atoms with Crippen molar-refractivity contribution in [2.75, 3.05) is 46.4 Å². The number of carbonyl (C=O) groups excluding carboxylic acids is 1. The molecule has 0 spiro atoms. The highest BCUT2D eigenvalue weighted by atomic mass is 16.5. The number of rotatable bonds is 6. The van der Waals surface area contributed by atoms with E-state index in [9.17, 15) is 4.79 Å². The second-order valence-electron chi connectivity index (χ2n) is 6.35. The van der Waals surface area contributed by atoms with E-state index in [1.165, 1.54) is 6.42 Å². The van der Waals surface area contributed by atoms with E-state index in [2.05, 4.69) is 22.2 Å². The summed E-state index contributed by atoms with van der Waals surface area (Å²) >= 11 is 0. The van der Waals surface area contributed by atoms with Crippen molar-refractivity contribution in [2.24, 2.45) is 5.92 Å². The van der Waals surface area contributed by atoms with Crippen LogP contribution in [0.1, 0.15) is 39.0 Å². The molecule has 2 amide bonds. The monoisotopic (exact) mass is 297 g/mol. The normalized spacial score (nSPS) is 26.5. The Morgan fingerprint density at radius 2 is 2.14 bits per heavy atom. The van der Waals surface area contributed by atoms with Crippen LogP contribution in [-0.2, 0) is 4.74 Å². The van der Waals surface area contributed by atoms with Crippen LogP contribution in [0.25, 0.3) is 0 Å². The van der Waals surface area contributed by atoms with Gasteiger partial charge in [-0.05, 0) is 58.5 Å². The summed E-state index contributed by atoms with van der Waals surface area (Å²) in [5.74, 6) is 0.668. The molecule has 0 radical (unpaired) electrons. The Bertz CT molecular complexity index is 325. The molecule has 0 aliphatic carbocycles. The van der Waals surface area contributed by atoms with Gasteiger partial charge < -0.3 is 19.9 Å². The van der Waals surface area contributed by atoms with Crippen LogP contribution < -0.4 is 5.32 Å². The highest BCUT2D eigenvalue weighted by Gasteiger charge is 2.36. The molecule has 0 saturated carbocycles. The minimum absolute atomic E-state index is 0.144. The molecule has 0 aromatic heterocycles. The van der Waals surface area contributed by atoms with Crippen molar-refractivity contribution in [1.29, 1.82) is 0 Å². The van der Waals surface area contributed by atoms with Crippen LogP contribution in [0, 0.1) is 5.92 Å². The van der Waals surface area contributed by atoms with Crippen LogP contribution in [0.2, 0.25) is 0 Å². The van der Waals surface area contributed by atoms with E-state index in [0.29, 0.717) is 12.0 Å². The quantitative estimate of drug-likeness (QED) is 0.762. The number of likely N-dealkylation sites (tertiary alicyclic amines) is 2. The first-order valence-electron chi connectivity index (χ1n) is 8.53. The van der Waals surface area contributed by atoms with Gasteiger partial charge in [-0.15, -0.1) is 0 Å². The Morgan fingerprint density at radius 3 is 2.95 bits per heavy atom. The van der Waals surface area contributed by atoms with Crippen molar-refractivity contribution < 1.29 is 9.53 Å². The maximum absolute atomic E-state index is 12.4. The Labute approximate surface area is 129 Å². The summed E-state index contributed by atoms with van der Waals surface area (Å²) < 4.78 is 5.31. The molecular formula is C16H31N3O2. The standard InChI is InChI=1S/C16H31N3O2/c1-3-21-12-5-4-9-17-16(20)19-10-6-7-14-13-18(2)11-8-15(14)19/h14-15H,3-13H2,1-2H3,(H,17,20). The average molecular weight is 297 g/mol. The van der Waals surface area contributed by atoms with Gasteiger partial charge in [0.2, 0.25) is 0 Å². The van der Waals surface area contributed by atoms with E-state index in [4.69, 9.17) is 4.74 Å². The van der Waals surface area contributed by atoms with Crippen molar-refractivity contribution in [3.8, 4) is 0 Å². The summed E-state index contributed by atoms with van der Waals surface area (Å²) in [6.45, 7) is 7.53. The molecule has 2 aliphatic heterocycles. The summed E-state index contributed by atoms with van der Waals surface area (Å²) in [4.78, 5) is 16.9. The van der Waals surface area contributed by atoms with E-state index in [-0.39, 0.29) is 6.03 Å². The first kappa shape index (κ1) is 16.6. The molecule has 21 heavy (non-hydrogen) atoms. The third kappa shape index (κ3) is 4.85. The third-order valence-electron chi connectivity index (χ3n) is 4.73. The molecule has 0 bridgehead atoms. The molecule has 2 rings (SSSR count). The van der Waals surface area contributed by atoms with Crippen molar-refractivity contribution in [3.63, 3.8) is 0 Å². The van der Waals surface area contributed by atoms with E-state index in [1.54, 1.807) is 0 Å². The predicted molar refractivity (Wildman–Crippen MR) is 84.5 cm³/mol. The van der Waals surface area contributed by atoms with Gasteiger partial charge in [0.15, 0.2) is 0 Å². The fraction of sp³-hybridized carbons (Fsp3) is 0.938. The Hall–Kier alpha value is -0.810. The lowest BCUT2D eigenvalue weighted by Crippen LogP contribution is -2.57. The van der Waals surface area contributed by atoms with Gasteiger partial charge in [-0.2, -0.15) is 0 Å². The first-order valence-corrected chi connectivity index (χ1v) is 8.53. The second-order valence-corrected chi connectivity index (χ2v) is 6.35. The largest absolute Gasteiger partial charge is 0.382 e. The van der Waals surface area contributed by atoms with Crippen LogP contribution in [0.15, 0.2) is 0 Å². The number of ether oxygens (including phenoxy) is 1. The molecule has 2 atom stereocenters. The molecule has 2 heterocycles. The predicted octanol–water partition coefficient (Wildman–Crippen LogP) is 1.93. The number of amides is 2. The van der Waals surface area contributed by atoms with Crippen molar-refractivity contribution in [3.05, 3.63) is 0 Å². The lowest BCUT2D eigenvalue weighted by Gasteiger charge is -2.46. The van der Waals surface area contributed by atoms with Crippen LogP contribution in [0.3, 0.4) is 0 Å². The summed E-state index contributed by atoms with van der Waals surface area (Å²) in [7, 11) is 2.19. The molecule has 2 unspecified atom stereocenters. The summed E-state index contributed by atoms with van der Waals surface area (Å²) in [6.07, 6.45) is 5.56. The smallest absolute Gasteiger partial charge is 0.317 e. The minimum Gasteiger partial charge on any atom is -0.382 e. The lowest BCUT2D eigenvalue weighted by atomic mass is 9.84. The molecule has 5 nitrogen and oxygen atoms in total. The minimum atomic E-state index is 0.144.